The molecule has 1 aromatic carbocycles. The van der Waals surface area contributed by atoms with Gasteiger partial charge in [-0.15, -0.1) is 0 Å². The van der Waals surface area contributed by atoms with Crippen molar-refractivity contribution in [3.63, 3.8) is 0 Å². The van der Waals surface area contributed by atoms with Crippen molar-refractivity contribution in [2.45, 2.75) is 32.2 Å². The predicted molar refractivity (Wildman–Crippen MR) is 73.1 cm³/mol. The summed E-state index contributed by atoms with van der Waals surface area (Å²) < 4.78 is 1.33. The van der Waals surface area contributed by atoms with E-state index in [1.165, 1.54) is 15.6 Å². The molecule has 1 saturated carbocycles. The zero-order chi connectivity index (χ0) is 10.8. The summed E-state index contributed by atoms with van der Waals surface area (Å²) in [4.78, 5) is 0. The maximum Gasteiger partial charge on any atom is 0.0130 e. The van der Waals surface area contributed by atoms with Gasteiger partial charge in [0.25, 0.3) is 0 Å². The number of benzene rings is 1. The zero-order valence-electron chi connectivity index (χ0n) is 9.33. The third kappa shape index (κ3) is 2.36. The van der Waals surface area contributed by atoms with Gasteiger partial charge in [-0.2, -0.15) is 0 Å². The van der Waals surface area contributed by atoms with Crippen molar-refractivity contribution in [3.05, 3.63) is 33.4 Å². The van der Waals surface area contributed by atoms with Crippen LogP contribution in [0.15, 0.2) is 24.3 Å². The Morgan fingerprint density at radius 3 is 2.53 bits per heavy atom. The molecular weight excluding hydrogens is 297 g/mol. The molecule has 0 radical (unpaired) electrons. The minimum absolute atomic E-state index is 0.735. The first-order valence-electron chi connectivity index (χ1n) is 5.71. The SMILES string of the molecule is CCNC1CC(c2ccc(I)cc2)C1C. The van der Waals surface area contributed by atoms with Crippen molar-refractivity contribution < 1.29 is 0 Å². The van der Waals surface area contributed by atoms with Crippen molar-refractivity contribution in [2.24, 2.45) is 5.92 Å². The summed E-state index contributed by atoms with van der Waals surface area (Å²) in [6.45, 7) is 5.64. The van der Waals surface area contributed by atoms with Gasteiger partial charge >= 0.3 is 0 Å². The lowest BCUT2D eigenvalue weighted by atomic mass is 9.67. The van der Waals surface area contributed by atoms with Gasteiger partial charge in [0, 0.05) is 9.61 Å². The molecule has 1 N–H and O–H groups in total. The Labute approximate surface area is 106 Å². The van der Waals surface area contributed by atoms with Gasteiger partial charge in [0.1, 0.15) is 0 Å². The Kier molecular flexibility index (Phi) is 3.67. The van der Waals surface area contributed by atoms with Crippen LogP contribution in [0.1, 0.15) is 31.7 Å². The van der Waals surface area contributed by atoms with Gasteiger partial charge in [0.05, 0.1) is 0 Å². The van der Waals surface area contributed by atoms with Gasteiger partial charge in [-0.3, -0.25) is 0 Å². The summed E-state index contributed by atoms with van der Waals surface area (Å²) in [6, 6.07) is 9.72. The second-order valence-corrected chi connectivity index (χ2v) is 5.66. The van der Waals surface area contributed by atoms with E-state index in [1.807, 2.05) is 0 Å². The van der Waals surface area contributed by atoms with Crippen LogP contribution in [0.3, 0.4) is 0 Å². The maximum absolute atomic E-state index is 3.54. The molecule has 0 aliphatic heterocycles. The number of nitrogens with one attached hydrogen (secondary N) is 1. The van der Waals surface area contributed by atoms with E-state index in [2.05, 4.69) is 66.0 Å². The first-order chi connectivity index (χ1) is 7.22. The van der Waals surface area contributed by atoms with Crippen LogP contribution in [-0.2, 0) is 0 Å². The average Bonchev–Trinajstić information content (AvgIpc) is 2.25. The average molecular weight is 315 g/mol. The van der Waals surface area contributed by atoms with Crippen LogP contribution in [0.25, 0.3) is 0 Å². The van der Waals surface area contributed by atoms with E-state index < -0.39 is 0 Å². The van der Waals surface area contributed by atoms with Crippen LogP contribution in [0.5, 0.6) is 0 Å². The Bertz CT molecular complexity index is 320. The molecule has 1 nitrogen and oxygen atoms in total. The number of hydrogen-bond donors (Lipinski definition) is 1. The summed E-state index contributed by atoms with van der Waals surface area (Å²) in [5.74, 6) is 1.55. The highest BCUT2D eigenvalue weighted by molar-refractivity contribution is 14.1. The molecule has 3 unspecified atom stereocenters. The molecule has 0 amide bonds. The first-order valence-corrected chi connectivity index (χ1v) is 6.79. The molecule has 1 fully saturated rings. The number of halogens is 1. The monoisotopic (exact) mass is 315 g/mol. The fourth-order valence-corrected chi connectivity index (χ4v) is 2.83. The van der Waals surface area contributed by atoms with E-state index >= 15 is 0 Å². The van der Waals surface area contributed by atoms with Gasteiger partial charge < -0.3 is 5.32 Å². The molecule has 1 aromatic rings. The molecular formula is C13H18IN. The fraction of sp³-hybridized carbons (Fsp3) is 0.538. The zero-order valence-corrected chi connectivity index (χ0v) is 11.5. The lowest BCUT2D eigenvalue weighted by Crippen LogP contribution is -2.47. The van der Waals surface area contributed by atoms with Crippen molar-refractivity contribution >= 4 is 22.6 Å². The van der Waals surface area contributed by atoms with E-state index in [9.17, 15) is 0 Å². The highest BCUT2D eigenvalue weighted by Crippen LogP contribution is 2.42. The van der Waals surface area contributed by atoms with Gasteiger partial charge in [0.2, 0.25) is 0 Å². The van der Waals surface area contributed by atoms with Gasteiger partial charge in [-0.25, -0.2) is 0 Å². The van der Waals surface area contributed by atoms with Gasteiger partial charge in [-0.05, 0) is 65.1 Å². The number of rotatable bonds is 3. The smallest absolute Gasteiger partial charge is 0.0130 e. The second kappa shape index (κ2) is 4.83. The molecule has 1 aliphatic carbocycles. The summed E-state index contributed by atoms with van der Waals surface area (Å²) in [6.07, 6.45) is 1.30. The predicted octanol–water partition coefficient (Wildman–Crippen LogP) is 3.39. The third-order valence-electron chi connectivity index (χ3n) is 3.54. The molecule has 1 aliphatic rings. The van der Waals surface area contributed by atoms with E-state index in [1.54, 1.807) is 0 Å². The molecule has 0 saturated heterocycles. The maximum atomic E-state index is 3.54. The summed E-state index contributed by atoms with van der Waals surface area (Å²) in [7, 11) is 0. The van der Waals surface area contributed by atoms with Crippen LogP contribution in [0.2, 0.25) is 0 Å². The summed E-state index contributed by atoms with van der Waals surface area (Å²) in [5.41, 5.74) is 1.51. The lowest BCUT2D eigenvalue weighted by molar-refractivity contribution is 0.187. The molecule has 0 spiro atoms. The normalized spacial score (nSPS) is 29.9. The van der Waals surface area contributed by atoms with Crippen LogP contribution < -0.4 is 5.32 Å². The minimum atomic E-state index is 0.735. The first kappa shape index (κ1) is 11.4. The standard InChI is InChI=1S/C13H18IN/c1-3-15-13-8-12(9(13)2)10-4-6-11(14)7-5-10/h4-7,9,12-13,15H,3,8H2,1-2H3. The molecule has 0 heterocycles. The van der Waals surface area contributed by atoms with Crippen LogP contribution in [0, 0.1) is 9.49 Å². The van der Waals surface area contributed by atoms with Crippen molar-refractivity contribution in [1.82, 2.24) is 5.32 Å². The van der Waals surface area contributed by atoms with E-state index in [0.29, 0.717) is 0 Å². The Hall–Kier alpha value is -0.0900. The molecule has 0 bridgehead atoms. The molecule has 3 atom stereocenters. The summed E-state index contributed by atoms with van der Waals surface area (Å²) >= 11 is 2.36. The van der Waals surface area contributed by atoms with Gasteiger partial charge in [-0.1, -0.05) is 26.0 Å². The Balaban J connectivity index is 2.00. The Morgan fingerprint density at radius 1 is 1.33 bits per heavy atom. The molecule has 2 rings (SSSR count). The molecule has 2 heteroatoms. The molecule has 82 valence electrons. The quantitative estimate of drug-likeness (QED) is 0.843. The van der Waals surface area contributed by atoms with Crippen LogP contribution in [-0.4, -0.2) is 12.6 Å². The van der Waals surface area contributed by atoms with E-state index in [-0.39, 0.29) is 0 Å². The van der Waals surface area contributed by atoms with Crippen molar-refractivity contribution in [1.29, 1.82) is 0 Å². The highest BCUT2D eigenvalue weighted by Gasteiger charge is 2.37. The topological polar surface area (TPSA) is 12.0 Å². The van der Waals surface area contributed by atoms with Gasteiger partial charge in [0.15, 0.2) is 0 Å². The van der Waals surface area contributed by atoms with E-state index in [0.717, 1.165) is 24.4 Å². The molecule has 0 aromatic heterocycles. The van der Waals surface area contributed by atoms with Crippen LogP contribution >= 0.6 is 22.6 Å². The number of hydrogen-bond acceptors (Lipinski definition) is 1. The third-order valence-corrected chi connectivity index (χ3v) is 4.26. The minimum Gasteiger partial charge on any atom is -0.314 e. The largest absolute Gasteiger partial charge is 0.314 e. The fourth-order valence-electron chi connectivity index (χ4n) is 2.47. The van der Waals surface area contributed by atoms with Crippen LogP contribution in [0.4, 0.5) is 0 Å². The summed E-state index contributed by atoms with van der Waals surface area (Å²) in [5, 5.41) is 3.54. The second-order valence-electron chi connectivity index (χ2n) is 4.42. The van der Waals surface area contributed by atoms with Crippen molar-refractivity contribution in [2.75, 3.05) is 6.54 Å². The highest BCUT2D eigenvalue weighted by atomic mass is 127. The van der Waals surface area contributed by atoms with E-state index in [4.69, 9.17) is 0 Å². The lowest BCUT2D eigenvalue weighted by Gasteiger charge is -2.43. The molecule has 15 heavy (non-hydrogen) atoms. The Morgan fingerprint density at radius 2 is 2.00 bits per heavy atom. The van der Waals surface area contributed by atoms with Crippen molar-refractivity contribution in [3.8, 4) is 0 Å².